The minimum Gasteiger partial charge on any atom is -0.481 e. The van der Waals surface area contributed by atoms with Gasteiger partial charge in [-0.2, -0.15) is 0 Å². The average molecular weight is 460 g/mol. The van der Waals surface area contributed by atoms with Gasteiger partial charge in [0.1, 0.15) is 12.1 Å². The quantitative estimate of drug-likeness (QED) is 0.141. The first kappa shape index (κ1) is 27.3. The number of carbonyl (C=O) groups is 5. The zero-order chi connectivity index (χ0) is 24.4. The molecule has 1 rings (SSSR count). The van der Waals surface area contributed by atoms with Gasteiger partial charge in [-0.1, -0.05) is 6.42 Å². The molecular formula is C19H33N5O8. The number of aliphatic carboxylic acids is 2. The Kier molecular flexibility index (Phi) is 11.0. The van der Waals surface area contributed by atoms with Gasteiger partial charge in [-0.05, 0) is 39.2 Å². The van der Waals surface area contributed by atoms with Gasteiger partial charge in [-0.15, -0.1) is 0 Å². The Morgan fingerprint density at radius 1 is 1.12 bits per heavy atom. The fourth-order valence-corrected chi connectivity index (χ4v) is 3.44. The number of unbranched alkanes of at least 4 members (excludes halogenated alkanes) is 1. The Hall–Kier alpha value is -2.77. The van der Waals surface area contributed by atoms with E-state index in [2.05, 4.69) is 5.32 Å². The van der Waals surface area contributed by atoms with Gasteiger partial charge in [0.15, 0.2) is 6.04 Å². The smallest absolute Gasteiger partial charge is 0.328 e. The SMILES string of the molecule is CC(O)C(NC(=O)C(CC(=O)O)NC(=O)C1CCCN1C(=O)C(N)CCCCN)C(=O)O. The number of carboxylic acid groups (broad SMARTS) is 2. The highest BCUT2D eigenvalue weighted by Gasteiger charge is 2.38. The molecule has 13 nitrogen and oxygen atoms in total. The molecule has 9 N–H and O–H groups in total. The van der Waals surface area contributed by atoms with E-state index in [0.717, 1.165) is 6.92 Å². The van der Waals surface area contributed by atoms with Crippen LogP contribution in [0.15, 0.2) is 0 Å². The van der Waals surface area contributed by atoms with Gasteiger partial charge >= 0.3 is 11.9 Å². The molecule has 0 aromatic carbocycles. The maximum atomic E-state index is 12.8. The van der Waals surface area contributed by atoms with E-state index in [9.17, 15) is 29.1 Å². The highest BCUT2D eigenvalue weighted by molar-refractivity contribution is 5.95. The van der Waals surface area contributed by atoms with Crippen LogP contribution in [0.25, 0.3) is 0 Å². The van der Waals surface area contributed by atoms with Crippen LogP contribution >= 0.6 is 0 Å². The minimum absolute atomic E-state index is 0.292. The number of likely N-dealkylation sites (tertiary alicyclic amines) is 1. The Morgan fingerprint density at radius 3 is 2.31 bits per heavy atom. The molecule has 1 aliphatic heterocycles. The van der Waals surface area contributed by atoms with Crippen molar-refractivity contribution in [2.24, 2.45) is 11.5 Å². The van der Waals surface area contributed by atoms with Gasteiger partial charge in [-0.25, -0.2) is 4.79 Å². The third-order valence-electron chi connectivity index (χ3n) is 5.18. The van der Waals surface area contributed by atoms with Gasteiger partial charge in [0, 0.05) is 6.54 Å². The lowest BCUT2D eigenvalue weighted by molar-refractivity contribution is -0.146. The molecule has 1 heterocycles. The molecule has 0 aliphatic carbocycles. The van der Waals surface area contributed by atoms with Crippen molar-refractivity contribution in [3.05, 3.63) is 0 Å². The molecule has 5 atom stereocenters. The predicted molar refractivity (Wildman–Crippen MR) is 111 cm³/mol. The predicted octanol–water partition coefficient (Wildman–Crippen LogP) is -2.66. The van der Waals surface area contributed by atoms with Crippen LogP contribution in [0.3, 0.4) is 0 Å². The Bertz CT molecular complexity index is 701. The number of rotatable bonds is 13. The van der Waals surface area contributed by atoms with Gasteiger partial charge < -0.3 is 42.3 Å². The standard InChI is InChI=1S/C19H33N5O8/c1-10(25)15(19(31)32)23-16(28)12(9-14(26)27)22-17(29)13-6-4-8-24(13)18(30)11(21)5-2-3-7-20/h10-13,15,25H,2-9,20-21H2,1H3,(H,22,29)(H,23,28)(H,26,27)(H,31,32). The number of aliphatic hydroxyl groups excluding tert-OH is 1. The van der Waals surface area contributed by atoms with Crippen LogP contribution in [0.4, 0.5) is 0 Å². The zero-order valence-corrected chi connectivity index (χ0v) is 18.0. The summed E-state index contributed by atoms with van der Waals surface area (Å²) in [5.74, 6) is -5.17. The molecular weight excluding hydrogens is 426 g/mol. The second-order valence-corrected chi connectivity index (χ2v) is 7.80. The molecule has 32 heavy (non-hydrogen) atoms. The molecule has 0 aromatic rings. The van der Waals surface area contributed by atoms with Gasteiger partial charge in [0.05, 0.1) is 18.6 Å². The van der Waals surface area contributed by atoms with E-state index in [1.54, 1.807) is 0 Å². The number of hydrogen-bond donors (Lipinski definition) is 7. The lowest BCUT2D eigenvalue weighted by atomic mass is 10.1. The summed E-state index contributed by atoms with van der Waals surface area (Å²) in [6, 6.07) is -5.03. The Labute approximate surface area is 185 Å². The van der Waals surface area contributed by atoms with Crippen LogP contribution < -0.4 is 22.1 Å². The maximum absolute atomic E-state index is 12.8. The van der Waals surface area contributed by atoms with Gasteiger partial charge in [0.2, 0.25) is 17.7 Å². The normalized spacial score (nSPS) is 19.5. The van der Waals surface area contributed by atoms with Crippen LogP contribution in [0.1, 0.15) is 45.4 Å². The summed E-state index contributed by atoms with van der Waals surface area (Å²) in [6.45, 7) is 1.91. The van der Waals surface area contributed by atoms with Crippen molar-refractivity contribution in [3.8, 4) is 0 Å². The zero-order valence-electron chi connectivity index (χ0n) is 18.0. The topological polar surface area (TPSA) is 225 Å². The largest absolute Gasteiger partial charge is 0.481 e. The van der Waals surface area contributed by atoms with Crippen molar-refractivity contribution in [3.63, 3.8) is 0 Å². The summed E-state index contributed by atoms with van der Waals surface area (Å²) in [4.78, 5) is 61.6. The van der Waals surface area contributed by atoms with Crippen molar-refractivity contribution in [1.82, 2.24) is 15.5 Å². The molecule has 1 aliphatic rings. The lowest BCUT2D eigenvalue weighted by Gasteiger charge is -2.28. The Balaban J connectivity index is 2.87. The molecule has 182 valence electrons. The summed E-state index contributed by atoms with van der Waals surface area (Å²) in [5.41, 5.74) is 11.4. The van der Waals surface area contributed by atoms with E-state index in [4.69, 9.17) is 21.7 Å². The number of nitrogens with zero attached hydrogens (tertiary/aromatic N) is 1. The minimum atomic E-state index is -1.69. The van der Waals surface area contributed by atoms with Crippen molar-refractivity contribution < 1.29 is 39.3 Å². The van der Waals surface area contributed by atoms with Crippen molar-refractivity contribution >= 4 is 29.7 Å². The molecule has 1 saturated heterocycles. The first-order valence-corrected chi connectivity index (χ1v) is 10.5. The van der Waals surface area contributed by atoms with Crippen LogP contribution in [0.2, 0.25) is 0 Å². The number of nitrogens with two attached hydrogens (primary N) is 2. The molecule has 0 spiro atoms. The van der Waals surface area contributed by atoms with Crippen molar-refractivity contribution in [1.29, 1.82) is 0 Å². The average Bonchev–Trinajstić information content (AvgIpc) is 3.19. The number of carboxylic acids is 2. The summed E-state index contributed by atoms with van der Waals surface area (Å²) in [5, 5.41) is 32.0. The highest BCUT2D eigenvalue weighted by atomic mass is 16.4. The summed E-state index contributed by atoms with van der Waals surface area (Å²) >= 11 is 0. The van der Waals surface area contributed by atoms with E-state index < -0.39 is 66.4 Å². The van der Waals surface area contributed by atoms with E-state index in [-0.39, 0.29) is 0 Å². The molecule has 1 fully saturated rings. The highest BCUT2D eigenvalue weighted by Crippen LogP contribution is 2.19. The van der Waals surface area contributed by atoms with Gasteiger partial charge in [0.25, 0.3) is 0 Å². The Morgan fingerprint density at radius 2 is 1.78 bits per heavy atom. The number of aliphatic hydroxyl groups is 1. The van der Waals surface area contributed by atoms with Crippen LogP contribution in [-0.4, -0.2) is 93.2 Å². The van der Waals surface area contributed by atoms with Crippen molar-refractivity contribution in [2.45, 2.75) is 75.7 Å². The number of carbonyl (C=O) groups excluding carboxylic acids is 3. The second-order valence-electron chi connectivity index (χ2n) is 7.80. The van der Waals surface area contributed by atoms with Gasteiger partial charge in [-0.3, -0.25) is 19.2 Å². The number of hydrogen-bond acceptors (Lipinski definition) is 8. The summed E-state index contributed by atoms with van der Waals surface area (Å²) in [6.07, 6.45) is 0.326. The van der Waals surface area contributed by atoms with Crippen molar-refractivity contribution in [2.75, 3.05) is 13.1 Å². The van der Waals surface area contributed by atoms with Crippen LogP contribution in [-0.2, 0) is 24.0 Å². The monoisotopic (exact) mass is 459 g/mol. The molecule has 5 unspecified atom stereocenters. The maximum Gasteiger partial charge on any atom is 0.328 e. The summed E-state index contributed by atoms with van der Waals surface area (Å²) in [7, 11) is 0. The van der Waals surface area contributed by atoms with Crippen LogP contribution in [0.5, 0.6) is 0 Å². The molecule has 0 radical (unpaired) electrons. The fraction of sp³-hybridized carbons (Fsp3) is 0.737. The second kappa shape index (κ2) is 12.9. The third kappa shape index (κ3) is 8.05. The molecule has 3 amide bonds. The molecule has 0 bridgehead atoms. The van der Waals surface area contributed by atoms with Crippen LogP contribution in [0, 0.1) is 0 Å². The van der Waals surface area contributed by atoms with E-state index in [0.29, 0.717) is 45.2 Å². The number of amides is 3. The van der Waals surface area contributed by atoms with E-state index >= 15 is 0 Å². The molecule has 13 heteroatoms. The lowest BCUT2D eigenvalue weighted by Crippen LogP contribution is -2.58. The third-order valence-corrected chi connectivity index (χ3v) is 5.18. The first-order chi connectivity index (χ1) is 15.0. The molecule has 0 saturated carbocycles. The van der Waals surface area contributed by atoms with E-state index in [1.165, 1.54) is 4.90 Å². The number of nitrogens with one attached hydrogen (secondary N) is 2. The fourth-order valence-electron chi connectivity index (χ4n) is 3.44. The van der Waals surface area contributed by atoms with E-state index in [1.807, 2.05) is 5.32 Å². The first-order valence-electron chi connectivity index (χ1n) is 10.5. The summed E-state index contributed by atoms with van der Waals surface area (Å²) < 4.78 is 0. The molecule has 0 aromatic heterocycles.